The van der Waals surface area contributed by atoms with Gasteiger partial charge in [-0.25, -0.2) is 13.4 Å². The highest BCUT2D eigenvalue weighted by Crippen LogP contribution is 2.24. The van der Waals surface area contributed by atoms with Crippen molar-refractivity contribution in [2.75, 3.05) is 11.5 Å². The first kappa shape index (κ1) is 20.3. The van der Waals surface area contributed by atoms with Gasteiger partial charge in [-0.15, -0.1) is 0 Å². The molecule has 9 nitrogen and oxygen atoms in total. The number of aryl methyl sites for hydroxylation is 2. The zero-order valence-corrected chi connectivity index (χ0v) is 17.3. The molecule has 10 heteroatoms. The van der Waals surface area contributed by atoms with E-state index in [1.807, 2.05) is 24.3 Å². The van der Waals surface area contributed by atoms with Crippen LogP contribution in [0.5, 0.6) is 0 Å². The molecule has 1 unspecified atom stereocenters. The molecule has 2 aromatic heterocycles. The summed E-state index contributed by atoms with van der Waals surface area (Å²) < 4.78 is 29.5. The summed E-state index contributed by atoms with van der Waals surface area (Å²) in [6.07, 6.45) is 2.75. The Morgan fingerprint density at radius 2 is 2.07 bits per heavy atom. The van der Waals surface area contributed by atoms with Crippen LogP contribution in [0, 0.1) is 0 Å². The molecule has 4 rings (SSSR count). The van der Waals surface area contributed by atoms with Gasteiger partial charge in [-0.05, 0) is 18.4 Å². The van der Waals surface area contributed by atoms with Crippen molar-refractivity contribution in [1.29, 1.82) is 0 Å². The average molecular weight is 430 g/mol. The van der Waals surface area contributed by atoms with Crippen molar-refractivity contribution < 1.29 is 17.7 Å². The minimum atomic E-state index is -3.06. The van der Waals surface area contributed by atoms with Crippen LogP contribution in [-0.2, 0) is 27.6 Å². The van der Waals surface area contributed by atoms with Crippen molar-refractivity contribution in [3.63, 3.8) is 0 Å². The minimum absolute atomic E-state index is 0.0309. The Bertz CT molecular complexity index is 1240. The molecule has 1 amide bonds. The van der Waals surface area contributed by atoms with Crippen LogP contribution in [0.3, 0.4) is 0 Å². The fourth-order valence-electron chi connectivity index (χ4n) is 3.53. The fraction of sp³-hybridized carbons (Fsp3) is 0.400. The van der Waals surface area contributed by atoms with Gasteiger partial charge in [-0.1, -0.05) is 36.3 Å². The summed E-state index contributed by atoms with van der Waals surface area (Å²) in [4.78, 5) is 29.1. The van der Waals surface area contributed by atoms with Crippen molar-refractivity contribution in [2.24, 2.45) is 0 Å². The summed E-state index contributed by atoms with van der Waals surface area (Å²) in [7, 11) is -3.06. The Morgan fingerprint density at radius 3 is 2.73 bits per heavy atom. The Kier molecular flexibility index (Phi) is 5.42. The molecule has 1 aliphatic heterocycles. The molecule has 0 radical (unpaired) electrons. The van der Waals surface area contributed by atoms with E-state index in [2.05, 4.69) is 22.4 Å². The number of aromatic nitrogens is 3. The van der Waals surface area contributed by atoms with Gasteiger partial charge < -0.3 is 9.84 Å². The lowest BCUT2D eigenvalue weighted by Crippen LogP contribution is -2.36. The Morgan fingerprint density at radius 1 is 1.30 bits per heavy atom. The predicted octanol–water partition coefficient (Wildman–Crippen LogP) is 1.31. The van der Waals surface area contributed by atoms with Gasteiger partial charge in [0, 0.05) is 24.6 Å². The molecule has 158 valence electrons. The maximum atomic E-state index is 12.7. The van der Waals surface area contributed by atoms with E-state index >= 15 is 0 Å². The molecule has 0 aliphatic carbocycles. The molecule has 1 N–H and O–H groups in total. The zero-order valence-electron chi connectivity index (χ0n) is 16.5. The highest BCUT2D eigenvalue weighted by molar-refractivity contribution is 7.91. The third-order valence-corrected chi connectivity index (χ3v) is 7.03. The molecule has 30 heavy (non-hydrogen) atoms. The first-order valence-corrected chi connectivity index (χ1v) is 11.6. The van der Waals surface area contributed by atoms with Gasteiger partial charge in [0.05, 0.1) is 17.8 Å². The van der Waals surface area contributed by atoms with Crippen LogP contribution in [0.15, 0.2) is 39.9 Å². The summed E-state index contributed by atoms with van der Waals surface area (Å²) in [5.41, 5.74) is 2.49. The smallest absolute Gasteiger partial charge is 0.299 e. The zero-order chi connectivity index (χ0) is 21.3. The summed E-state index contributed by atoms with van der Waals surface area (Å²) >= 11 is 0. The van der Waals surface area contributed by atoms with Gasteiger partial charge in [0.2, 0.25) is 5.91 Å². The van der Waals surface area contributed by atoms with E-state index in [9.17, 15) is 18.0 Å². The number of rotatable bonds is 6. The lowest BCUT2D eigenvalue weighted by atomic mass is 10.1. The first-order valence-electron chi connectivity index (χ1n) is 9.80. The number of carbonyl (C=O) groups is 1. The molecule has 1 atom stereocenters. The number of sulfone groups is 1. The fourth-order valence-corrected chi connectivity index (χ4v) is 5.21. The van der Waals surface area contributed by atoms with Crippen LogP contribution >= 0.6 is 0 Å². The van der Waals surface area contributed by atoms with Gasteiger partial charge in [0.25, 0.3) is 11.1 Å². The van der Waals surface area contributed by atoms with Gasteiger partial charge >= 0.3 is 0 Å². The van der Waals surface area contributed by atoms with E-state index in [0.29, 0.717) is 17.6 Å². The Hall–Kier alpha value is -3.01. The number of fused-ring (bicyclic) bond motifs is 1. The summed E-state index contributed by atoms with van der Waals surface area (Å²) in [6.45, 7) is 2.18. The minimum Gasteiger partial charge on any atom is -0.352 e. The predicted molar refractivity (Wildman–Crippen MR) is 111 cm³/mol. The second kappa shape index (κ2) is 8.02. The van der Waals surface area contributed by atoms with E-state index in [-0.39, 0.29) is 42.0 Å². The lowest BCUT2D eigenvalue weighted by molar-refractivity contribution is -0.121. The maximum Gasteiger partial charge on any atom is 0.299 e. The Labute approximate surface area is 173 Å². The van der Waals surface area contributed by atoms with Crippen molar-refractivity contribution in [3.05, 3.63) is 46.5 Å². The molecule has 3 heterocycles. The van der Waals surface area contributed by atoms with E-state index < -0.39 is 15.4 Å². The SMILES string of the molecule is CCc1ccc(-c2noc3c(=O)n(CCC(=O)NC4CCS(=O)(=O)C4)cnc23)cc1. The van der Waals surface area contributed by atoms with Crippen molar-refractivity contribution in [2.45, 2.75) is 38.8 Å². The number of nitrogens with zero attached hydrogens (tertiary/aromatic N) is 3. The van der Waals surface area contributed by atoms with E-state index in [4.69, 9.17) is 4.52 Å². The number of amides is 1. The summed E-state index contributed by atoms with van der Waals surface area (Å²) in [6, 6.07) is 7.44. The highest BCUT2D eigenvalue weighted by Gasteiger charge is 2.28. The molecule has 0 saturated carbocycles. The van der Waals surface area contributed by atoms with Crippen LogP contribution in [0.2, 0.25) is 0 Å². The standard InChI is InChI=1S/C20H22N4O5S/c1-2-13-3-5-14(6-4-13)17-18-19(29-23-17)20(26)24(12-21-18)9-7-16(25)22-15-8-10-30(27,28)11-15/h3-6,12,15H,2,7-11H2,1H3,(H,22,25). The maximum absolute atomic E-state index is 12.7. The average Bonchev–Trinajstić information content (AvgIpc) is 3.31. The van der Waals surface area contributed by atoms with Crippen molar-refractivity contribution in [3.8, 4) is 11.3 Å². The van der Waals surface area contributed by atoms with Crippen molar-refractivity contribution >= 4 is 26.8 Å². The molecule has 1 aromatic carbocycles. The number of carbonyl (C=O) groups excluding carboxylic acids is 1. The lowest BCUT2D eigenvalue weighted by Gasteiger charge is -2.11. The summed E-state index contributed by atoms with van der Waals surface area (Å²) in [5.74, 6) is -0.252. The summed E-state index contributed by atoms with van der Waals surface area (Å²) in [5, 5.41) is 6.72. The number of nitrogens with one attached hydrogen (secondary N) is 1. The molecule has 0 spiro atoms. The van der Waals surface area contributed by atoms with Gasteiger partial charge in [0.1, 0.15) is 11.2 Å². The molecule has 0 bridgehead atoms. The third-order valence-electron chi connectivity index (χ3n) is 5.26. The van der Waals surface area contributed by atoms with Crippen LogP contribution in [0.25, 0.3) is 22.4 Å². The highest BCUT2D eigenvalue weighted by atomic mass is 32.2. The largest absolute Gasteiger partial charge is 0.352 e. The topological polar surface area (TPSA) is 124 Å². The van der Waals surface area contributed by atoms with Crippen molar-refractivity contribution in [1.82, 2.24) is 20.0 Å². The second-order valence-corrected chi connectivity index (χ2v) is 9.65. The third kappa shape index (κ3) is 4.13. The van der Waals surface area contributed by atoms with Crippen LogP contribution in [0.1, 0.15) is 25.3 Å². The van der Waals surface area contributed by atoms with Crippen LogP contribution in [-0.4, -0.2) is 46.6 Å². The molecule has 3 aromatic rings. The number of hydrogen-bond donors (Lipinski definition) is 1. The van der Waals surface area contributed by atoms with Crippen LogP contribution < -0.4 is 10.9 Å². The number of benzene rings is 1. The van der Waals surface area contributed by atoms with E-state index in [0.717, 1.165) is 12.0 Å². The molecule has 1 saturated heterocycles. The van der Waals surface area contributed by atoms with Gasteiger partial charge in [0.15, 0.2) is 9.84 Å². The number of hydrogen-bond acceptors (Lipinski definition) is 7. The quantitative estimate of drug-likeness (QED) is 0.625. The van der Waals surface area contributed by atoms with E-state index in [1.165, 1.54) is 16.5 Å². The molecular formula is C20H22N4O5S. The Balaban J connectivity index is 1.47. The van der Waals surface area contributed by atoms with Crippen LogP contribution in [0.4, 0.5) is 0 Å². The monoisotopic (exact) mass is 430 g/mol. The molecule has 1 aliphatic rings. The second-order valence-electron chi connectivity index (χ2n) is 7.42. The molecular weight excluding hydrogens is 408 g/mol. The van der Waals surface area contributed by atoms with E-state index in [1.54, 1.807) is 0 Å². The van der Waals surface area contributed by atoms with Gasteiger partial charge in [-0.2, -0.15) is 0 Å². The van der Waals surface area contributed by atoms with Gasteiger partial charge in [-0.3, -0.25) is 14.2 Å². The molecule has 1 fully saturated rings. The normalized spacial score (nSPS) is 18.0. The first-order chi connectivity index (χ1) is 14.4.